The van der Waals surface area contributed by atoms with Gasteiger partial charge in [0.1, 0.15) is 6.10 Å². The Morgan fingerprint density at radius 1 is 1.31 bits per heavy atom. The van der Waals surface area contributed by atoms with Gasteiger partial charge < -0.3 is 4.74 Å². The van der Waals surface area contributed by atoms with Crippen molar-refractivity contribution in [2.24, 2.45) is 29.6 Å². The summed E-state index contributed by atoms with van der Waals surface area (Å²) >= 11 is 0. The maximum absolute atomic E-state index is 11.6. The van der Waals surface area contributed by atoms with Crippen molar-refractivity contribution in [1.82, 2.24) is 0 Å². The molecule has 0 unspecified atom stereocenters. The Morgan fingerprint density at radius 3 is 2.88 bits per heavy atom. The maximum Gasteiger partial charge on any atom is 0.308 e. The summed E-state index contributed by atoms with van der Waals surface area (Å²) in [6.45, 7) is 3.82. The summed E-state index contributed by atoms with van der Waals surface area (Å²) in [4.78, 5) is 11.6. The van der Waals surface area contributed by atoms with Gasteiger partial charge >= 0.3 is 5.97 Å². The molecular formula is C14H20O2. The molecule has 0 aliphatic heterocycles. The lowest BCUT2D eigenvalue weighted by Crippen LogP contribution is -2.33. The smallest absolute Gasteiger partial charge is 0.308 e. The maximum atomic E-state index is 11.6. The van der Waals surface area contributed by atoms with E-state index in [9.17, 15) is 4.79 Å². The summed E-state index contributed by atoms with van der Waals surface area (Å²) in [6, 6.07) is 0. The highest BCUT2D eigenvalue weighted by molar-refractivity contribution is 5.71. The molecule has 2 bridgehead atoms. The van der Waals surface area contributed by atoms with Crippen molar-refractivity contribution < 1.29 is 9.53 Å². The van der Waals surface area contributed by atoms with E-state index in [0.717, 1.165) is 18.3 Å². The van der Waals surface area contributed by atoms with Gasteiger partial charge in [-0.1, -0.05) is 26.0 Å². The van der Waals surface area contributed by atoms with Gasteiger partial charge in [0, 0.05) is 5.92 Å². The first-order valence-corrected chi connectivity index (χ1v) is 6.54. The van der Waals surface area contributed by atoms with Crippen LogP contribution in [0.25, 0.3) is 0 Å². The van der Waals surface area contributed by atoms with Gasteiger partial charge in [0.15, 0.2) is 0 Å². The van der Waals surface area contributed by atoms with Crippen LogP contribution in [0, 0.1) is 29.6 Å². The van der Waals surface area contributed by atoms with Crippen molar-refractivity contribution in [3.8, 4) is 0 Å². The summed E-state index contributed by atoms with van der Waals surface area (Å²) in [5.41, 5.74) is 0. The van der Waals surface area contributed by atoms with Crippen molar-refractivity contribution in [2.75, 3.05) is 0 Å². The first-order chi connectivity index (χ1) is 7.66. The largest absolute Gasteiger partial charge is 0.462 e. The number of allylic oxidation sites excluding steroid dienone is 2. The van der Waals surface area contributed by atoms with Crippen LogP contribution in [0.15, 0.2) is 12.2 Å². The van der Waals surface area contributed by atoms with Crippen molar-refractivity contribution in [1.29, 1.82) is 0 Å². The third-order valence-electron chi connectivity index (χ3n) is 4.69. The van der Waals surface area contributed by atoms with Gasteiger partial charge in [-0.2, -0.15) is 0 Å². The van der Waals surface area contributed by atoms with Crippen LogP contribution in [-0.4, -0.2) is 12.1 Å². The fourth-order valence-corrected chi connectivity index (χ4v) is 3.91. The van der Waals surface area contributed by atoms with Crippen LogP contribution in [0.5, 0.6) is 0 Å². The van der Waals surface area contributed by atoms with Crippen LogP contribution in [0.2, 0.25) is 0 Å². The van der Waals surface area contributed by atoms with E-state index in [1.54, 1.807) is 0 Å². The van der Waals surface area contributed by atoms with E-state index < -0.39 is 0 Å². The molecule has 0 N–H and O–H groups in total. The normalized spacial score (nSPS) is 44.1. The monoisotopic (exact) mass is 220 g/mol. The quantitative estimate of drug-likeness (QED) is 0.528. The number of fused-ring (bicyclic) bond motifs is 5. The topological polar surface area (TPSA) is 26.3 Å². The van der Waals surface area contributed by atoms with Gasteiger partial charge in [0.05, 0.1) is 5.92 Å². The van der Waals surface area contributed by atoms with Crippen molar-refractivity contribution in [2.45, 2.75) is 39.2 Å². The molecule has 0 spiro atoms. The molecule has 0 aromatic heterocycles. The Balaban J connectivity index is 1.68. The highest BCUT2D eigenvalue weighted by atomic mass is 16.5. The van der Waals surface area contributed by atoms with Gasteiger partial charge in [-0.3, -0.25) is 4.79 Å². The fourth-order valence-electron chi connectivity index (χ4n) is 3.91. The molecular weight excluding hydrogens is 200 g/mol. The van der Waals surface area contributed by atoms with Crippen LogP contribution in [0.3, 0.4) is 0 Å². The molecule has 0 amide bonds. The Labute approximate surface area is 97.1 Å². The van der Waals surface area contributed by atoms with E-state index in [2.05, 4.69) is 12.2 Å². The van der Waals surface area contributed by atoms with E-state index in [4.69, 9.17) is 4.74 Å². The zero-order valence-corrected chi connectivity index (χ0v) is 10.1. The summed E-state index contributed by atoms with van der Waals surface area (Å²) < 4.78 is 5.64. The van der Waals surface area contributed by atoms with E-state index in [0.29, 0.717) is 11.8 Å². The average Bonchev–Trinajstić information content (AvgIpc) is 2.87. The molecule has 3 rings (SSSR count). The number of hydrogen-bond acceptors (Lipinski definition) is 2. The summed E-state index contributed by atoms with van der Waals surface area (Å²) in [7, 11) is 0. The fraction of sp³-hybridized carbons (Fsp3) is 0.786. The van der Waals surface area contributed by atoms with Gasteiger partial charge in [0.2, 0.25) is 0 Å². The standard InChI is InChI=1S/C14H20O2/c1-8(2)14(15)16-13-7-9-6-12(13)11-5-3-4-10(9)11/h3,5,8-13H,4,6-7H2,1-2H3/t9-,10-,11+,12+,13+/m1/s1. The zero-order chi connectivity index (χ0) is 11.3. The van der Waals surface area contributed by atoms with Gasteiger partial charge in [0.25, 0.3) is 0 Å². The minimum Gasteiger partial charge on any atom is -0.462 e. The van der Waals surface area contributed by atoms with Crippen molar-refractivity contribution in [3.63, 3.8) is 0 Å². The molecule has 0 heterocycles. The molecule has 0 aromatic rings. The molecule has 0 saturated heterocycles. The lowest BCUT2D eigenvalue weighted by atomic mass is 9.80. The molecule has 2 saturated carbocycles. The zero-order valence-electron chi connectivity index (χ0n) is 10.1. The molecule has 3 aliphatic carbocycles. The van der Waals surface area contributed by atoms with E-state index in [1.165, 1.54) is 12.8 Å². The number of ether oxygens (including phenoxy) is 1. The molecule has 16 heavy (non-hydrogen) atoms. The summed E-state index contributed by atoms with van der Waals surface area (Å²) in [6.07, 6.45) is 8.56. The minimum atomic E-state index is -0.0175. The molecule has 3 aliphatic rings. The number of carbonyl (C=O) groups is 1. The molecule has 2 fully saturated rings. The second kappa shape index (κ2) is 3.61. The molecule has 2 nitrogen and oxygen atoms in total. The van der Waals surface area contributed by atoms with Crippen LogP contribution >= 0.6 is 0 Å². The van der Waals surface area contributed by atoms with Crippen LogP contribution < -0.4 is 0 Å². The number of rotatable bonds is 2. The van der Waals surface area contributed by atoms with Crippen LogP contribution in [-0.2, 0) is 9.53 Å². The molecule has 2 heteroatoms. The SMILES string of the molecule is CC(C)C(=O)O[C@H]1C[C@H]2C[C@H]1[C@H]1C=CC[C@H]21. The van der Waals surface area contributed by atoms with Crippen LogP contribution in [0.4, 0.5) is 0 Å². The Kier molecular flexibility index (Phi) is 2.34. The highest BCUT2D eigenvalue weighted by Crippen LogP contribution is 2.57. The third kappa shape index (κ3) is 1.42. The van der Waals surface area contributed by atoms with E-state index >= 15 is 0 Å². The van der Waals surface area contributed by atoms with Gasteiger partial charge in [-0.15, -0.1) is 0 Å². The first kappa shape index (κ1) is 10.4. The predicted molar refractivity (Wildman–Crippen MR) is 61.7 cm³/mol. The third-order valence-corrected chi connectivity index (χ3v) is 4.69. The van der Waals surface area contributed by atoms with Gasteiger partial charge in [-0.25, -0.2) is 0 Å². The molecule has 5 atom stereocenters. The van der Waals surface area contributed by atoms with Crippen molar-refractivity contribution >= 4 is 5.97 Å². The predicted octanol–water partition coefficient (Wildman–Crippen LogP) is 2.79. The van der Waals surface area contributed by atoms with Gasteiger partial charge in [-0.05, 0) is 37.0 Å². The molecule has 88 valence electrons. The lowest BCUT2D eigenvalue weighted by molar-refractivity contribution is -0.156. The first-order valence-electron chi connectivity index (χ1n) is 6.54. The minimum absolute atomic E-state index is 0.00837. The Morgan fingerprint density at radius 2 is 2.12 bits per heavy atom. The average molecular weight is 220 g/mol. The molecule has 0 radical (unpaired) electrons. The lowest BCUT2D eigenvalue weighted by Gasteiger charge is -2.31. The Hall–Kier alpha value is -0.790. The van der Waals surface area contributed by atoms with E-state index in [1.807, 2.05) is 13.8 Å². The van der Waals surface area contributed by atoms with Crippen LogP contribution in [0.1, 0.15) is 33.1 Å². The number of hydrogen-bond donors (Lipinski definition) is 0. The second-order valence-corrected chi connectivity index (χ2v) is 5.93. The number of esters is 1. The summed E-state index contributed by atoms with van der Waals surface area (Å²) in [5, 5.41) is 0. The summed E-state index contributed by atoms with van der Waals surface area (Å²) in [5.74, 6) is 3.01. The molecule has 0 aromatic carbocycles. The van der Waals surface area contributed by atoms with Crippen molar-refractivity contribution in [3.05, 3.63) is 12.2 Å². The Bertz CT molecular complexity index is 332. The van der Waals surface area contributed by atoms with E-state index in [-0.39, 0.29) is 18.0 Å². The highest BCUT2D eigenvalue weighted by Gasteiger charge is 2.53. The second-order valence-electron chi connectivity index (χ2n) is 5.93. The number of carbonyl (C=O) groups excluding carboxylic acids is 1.